The lowest BCUT2D eigenvalue weighted by molar-refractivity contribution is -0.128. The van der Waals surface area contributed by atoms with Crippen molar-refractivity contribution in [2.45, 2.75) is 37.9 Å². The molecule has 2 aliphatic heterocycles. The normalized spacial score (nSPS) is 22.1. The van der Waals surface area contributed by atoms with Crippen molar-refractivity contribution < 1.29 is 14.3 Å². The van der Waals surface area contributed by atoms with Gasteiger partial charge in [0.25, 0.3) is 0 Å². The lowest BCUT2D eigenvalue weighted by atomic mass is 10.2. The van der Waals surface area contributed by atoms with E-state index in [9.17, 15) is 14.3 Å². The van der Waals surface area contributed by atoms with Gasteiger partial charge in [-0.3, -0.25) is 4.79 Å². The Hall–Kier alpha value is -2.74. The van der Waals surface area contributed by atoms with Gasteiger partial charge < -0.3 is 20.2 Å². The van der Waals surface area contributed by atoms with Crippen molar-refractivity contribution in [1.82, 2.24) is 14.9 Å². The number of halogens is 1. The first-order valence-corrected chi connectivity index (χ1v) is 9.63. The van der Waals surface area contributed by atoms with Crippen LogP contribution in [-0.2, 0) is 11.3 Å². The molecular weight excluding hydrogens is 361 g/mol. The molecule has 0 aliphatic carbocycles. The van der Waals surface area contributed by atoms with Crippen molar-refractivity contribution >= 4 is 17.5 Å². The molecule has 2 aromatic rings. The Morgan fingerprint density at radius 2 is 2.00 bits per heavy atom. The highest BCUT2D eigenvalue weighted by molar-refractivity contribution is 5.86. The fourth-order valence-corrected chi connectivity index (χ4v) is 3.93. The van der Waals surface area contributed by atoms with Crippen LogP contribution < -0.4 is 10.2 Å². The second-order valence-electron chi connectivity index (χ2n) is 7.31. The van der Waals surface area contributed by atoms with Crippen molar-refractivity contribution in [1.29, 1.82) is 0 Å². The number of nitrogens with zero attached hydrogens (tertiary/aromatic N) is 4. The highest BCUT2D eigenvalue weighted by Crippen LogP contribution is 2.25. The third-order valence-electron chi connectivity index (χ3n) is 5.44. The van der Waals surface area contributed by atoms with Crippen molar-refractivity contribution in [2.24, 2.45) is 0 Å². The number of hydrogen-bond donors (Lipinski definition) is 2. The van der Waals surface area contributed by atoms with E-state index >= 15 is 0 Å². The van der Waals surface area contributed by atoms with Crippen molar-refractivity contribution in [3.63, 3.8) is 0 Å². The number of carbonyl (C=O) groups is 1. The molecule has 2 aliphatic rings. The van der Waals surface area contributed by atoms with Gasteiger partial charge in [0.15, 0.2) is 0 Å². The molecule has 4 rings (SSSR count). The van der Waals surface area contributed by atoms with Crippen molar-refractivity contribution in [3.8, 4) is 0 Å². The summed E-state index contributed by atoms with van der Waals surface area (Å²) in [6, 6.07) is 7.81. The van der Waals surface area contributed by atoms with Crippen LogP contribution in [0.5, 0.6) is 0 Å². The number of nitrogens with one attached hydrogen (secondary N) is 1. The number of aromatic nitrogens is 2. The molecular formula is C20H24FN5O2. The Morgan fingerprint density at radius 1 is 1.18 bits per heavy atom. The number of benzene rings is 1. The largest absolute Gasteiger partial charge is 0.394 e. The lowest BCUT2D eigenvalue weighted by Crippen LogP contribution is -2.34. The van der Waals surface area contributed by atoms with Gasteiger partial charge in [-0.2, -0.15) is 0 Å². The second kappa shape index (κ2) is 8.10. The Balaban J connectivity index is 1.40. The summed E-state index contributed by atoms with van der Waals surface area (Å²) in [6.45, 7) is 2.07. The van der Waals surface area contributed by atoms with Crippen LogP contribution in [-0.4, -0.2) is 57.7 Å². The van der Waals surface area contributed by atoms with Crippen LogP contribution in [0.4, 0.5) is 16.0 Å². The smallest absolute Gasteiger partial charge is 0.245 e. The number of hydrogen-bond acceptors (Lipinski definition) is 6. The minimum Gasteiger partial charge on any atom is -0.394 e. The van der Waals surface area contributed by atoms with Gasteiger partial charge in [0, 0.05) is 25.7 Å². The number of rotatable bonds is 6. The zero-order valence-electron chi connectivity index (χ0n) is 15.6. The molecule has 1 amide bonds. The zero-order valence-corrected chi connectivity index (χ0v) is 15.6. The summed E-state index contributed by atoms with van der Waals surface area (Å²) in [5.41, 5.74) is 0.906. The first-order chi connectivity index (χ1) is 13.6. The molecule has 0 spiro atoms. The Bertz CT molecular complexity index is 832. The summed E-state index contributed by atoms with van der Waals surface area (Å²) in [6.07, 6.45) is 4.14. The second-order valence-corrected chi connectivity index (χ2v) is 7.31. The Labute approximate surface area is 163 Å². The summed E-state index contributed by atoms with van der Waals surface area (Å²) in [5.74, 6) is 1.11. The minimum absolute atomic E-state index is 0.0129. The molecule has 1 aromatic heterocycles. The molecule has 2 fully saturated rings. The maximum atomic E-state index is 13.1. The Morgan fingerprint density at radius 3 is 2.79 bits per heavy atom. The summed E-state index contributed by atoms with van der Waals surface area (Å²) < 4.78 is 13.1. The summed E-state index contributed by atoms with van der Waals surface area (Å²) in [5, 5.41) is 12.7. The molecule has 2 saturated heterocycles. The van der Waals surface area contributed by atoms with Gasteiger partial charge in [-0.1, -0.05) is 12.1 Å². The van der Waals surface area contributed by atoms with Gasteiger partial charge in [-0.25, -0.2) is 14.4 Å². The van der Waals surface area contributed by atoms with Crippen LogP contribution in [0.3, 0.4) is 0 Å². The molecule has 2 unspecified atom stereocenters. The molecule has 8 heteroatoms. The molecule has 0 bridgehead atoms. The third kappa shape index (κ3) is 3.91. The number of likely N-dealkylation sites (tertiary alicyclic amines) is 1. The van der Waals surface area contributed by atoms with Crippen LogP contribution >= 0.6 is 0 Å². The van der Waals surface area contributed by atoms with Crippen LogP contribution in [0.15, 0.2) is 36.7 Å². The van der Waals surface area contributed by atoms with E-state index in [1.807, 2.05) is 6.07 Å². The van der Waals surface area contributed by atoms with E-state index < -0.39 is 0 Å². The third-order valence-corrected chi connectivity index (χ3v) is 5.44. The number of anilines is 2. The van der Waals surface area contributed by atoms with Crippen molar-refractivity contribution in [2.75, 3.05) is 29.9 Å². The number of amides is 1. The number of aliphatic hydroxyl groups is 1. The topological polar surface area (TPSA) is 81.6 Å². The Kier molecular flexibility index (Phi) is 5.38. The predicted molar refractivity (Wildman–Crippen MR) is 103 cm³/mol. The SMILES string of the molecule is O=C1C(Nc2cc(N3CCCC3CO)ncn2)CCN1Cc1ccc(F)cc1. The van der Waals surface area contributed by atoms with E-state index in [0.717, 1.165) is 30.8 Å². The van der Waals surface area contributed by atoms with Crippen LogP contribution in [0, 0.1) is 5.82 Å². The minimum atomic E-state index is -0.338. The fraction of sp³-hybridized carbons (Fsp3) is 0.450. The van der Waals surface area contributed by atoms with Gasteiger partial charge in [-0.15, -0.1) is 0 Å². The van der Waals surface area contributed by atoms with Gasteiger partial charge in [0.05, 0.1) is 12.6 Å². The zero-order chi connectivity index (χ0) is 19.5. The average molecular weight is 385 g/mol. The summed E-state index contributed by atoms with van der Waals surface area (Å²) in [4.78, 5) is 25.2. The van der Waals surface area contributed by atoms with Crippen molar-refractivity contribution in [3.05, 3.63) is 48.0 Å². The van der Waals surface area contributed by atoms with E-state index in [-0.39, 0.29) is 30.4 Å². The molecule has 28 heavy (non-hydrogen) atoms. The van der Waals surface area contributed by atoms with E-state index in [1.54, 1.807) is 17.0 Å². The maximum absolute atomic E-state index is 13.1. The highest BCUT2D eigenvalue weighted by Gasteiger charge is 2.32. The highest BCUT2D eigenvalue weighted by atomic mass is 19.1. The maximum Gasteiger partial charge on any atom is 0.245 e. The van der Waals surface area contributed by atoms with Gasteiger partial charge in [-0.05, 0) is 37.0 Å². The fourth-order valence-electron chi connectivity index (χ4n) is 3.93. The molecule has 7 nitrogen and oxygen atoms in total. The van der Waals surface area contributed by atoms with Crippen LogP contribution in [0.1, 0.15) is 24.8 Å². The molecule has 148 valence electrons. The lowest BCUT2D eigenvalue weighted by Gasteiger charge is -2.24. The van der Waals surface area contributed by atoms with E-state index in [1.165, 1.54) is 18.5 Å². The molecule has 0 saturated carbocycles. The molecule has 2 atom stereocenters. The van der Waals surface area contributed by atoms with E-state index in [2.05, 4.69) is 20.2 Å². The average Bonchev–Trinajstić information content (AvgIpc) is 3.32. The van der Waals surface area contributed by atoms with Crippen LogP contribution in [0.25, 0.3) is 0 Å². The van der Waals surface area contributed by atoms with E-state index in [0.29, 0.717) is 25.3 Å². The molecule has 2 N–H and O–H groups in total. The monoisotopic (exact) mass is 385 g/mol. The summed E-state index contributed by atoms with van der Waals surface area (Å²) in [7, 11) is 0. The van der Waals surface area contributed by atoms with Crippen LogP contribution in [0.2, 0.25) is 0 Å². The van der Waals surface area contributed by atoms with E-state index in [4.69, 9.17) is 0 Å². The molecule has 0 radical (unpaired) electrons. The molecule has 3 heterocycles. The quantitative estimate of drug-likeness (QED) is 0.789. The number of carbonyl (C=O) groups excluding carboxylic acids is 1. The van der Waals surface area contributed by atoms with Gasteiger partial charge in [0.2, 0.25) is 5.91 Å². The standard InChI is InChI=1S/C20H24FN5O2/c21-15-5-3-14(4-6-15)11-25-9-7-17(20(25)28)24-18-10-19(23-13-22-18)26-8-1-2-16(26)12-27/h3-6,10,13,16-17,27H,1-2,7-9,11-12H2,(H,22,23,24). The number of aliphatic hydroxyl groups excluding tert-OH is 1. The molecule has 1 aromatic carbocycles. The predicted octanol–water partition coefficient (Wildman–Crippen LogP) is 1.79. The van der Waals surface area contributed by atoms with Gasteiger partial charge in [0.1, 0.15) is 29.8 Å². The summed E-state index contributed by atoms with van der Waals surface area (Å²) >= 11 is 0. The first-order valence-electron chi connectivity index (χ1n) is 9.63. The van der Waals surface area contributed by atoms with Gasteiger partial charge >= 0.3 is 0 Å². The first kappa shape index (κ1) is 18.6.